The van der Waals surface area contributed by atoms with Crippen LogP contribution in [-0.2, 0) is 10.0 Å². The average Bonchev–Trinajstić information content (AvgIpc) is 3.19. The Bertz CT molecular complexity index is 1440. The number of nitrogens with two attached hydrogens (primary N) is 1. The Morgan fingerprint density at radius 3 is 2.56 bits per heavy atom. The number of sulfonamides is 1. The predicted molar refractivity (Wildman–Crippen MR) is 123 cm³/mol. The number of hydrogen-bond donors (Lipinski definition) is 2. The van der Waals surface area contributed by atoms with Crippen LogP contribution in [0.4, 0.5) is 4.39 Å². The van der Waals surface area contributed by atoms with Gasteiger partial charge in [0.25, 0.3) is 0 Å². The fourth-order valence-corrected chi connectivity index (χ4v) is 5.00. The summed E-state index contributed by atoms with van der Waals surface area (Å²) in [6.45, 7) is 1.57. The molecule has 32 heavy (non-hydrogen) atoms. The third-order valence-electron chi connectivity index (χ3n) is 5.35. The van der Waals surface area contributed by atoms with Gasteiger partial charge >= 0.3 is 0 Å². The summed E-state index contributed by atoms with van der Waals surface area (Å²) in [5, 5.41) is 4.35. The number of aromatic amines is 1. The lowest BCUT2D eigenvalue weighted by Crippen LogP contribution is -2.23. The fourth-order valence-electron chi connectivity index (χ4n) is 3.77. The van der Waals surface area contributed by atoms with Crippen LogP contribution < -0.4 is 5.14 Å². The van der Waals surface area contributed by atoms with E-state index in [9.17, 15) is 13.2 Å². The second kappa shape index (κ2) is 8.46. The molecule has 3 N–H and O–H groups in total. The third kappa shape index (κ3) is 3.92. The van der Waals surface area contributed by atoms with Gasteiger partial charge in [-0.1, -0.05) is 54.9 Å². The first-order chi connectivity index (χ1) is 15.2. The Kier molecular flexibility index (Phi) is 5.85. The maximum Gasteiger partial charge on any atom is 0.216 e. The lowest BCUT2D eigenvalue weighted by molar-refractivity contribution is 0.103. The van der Waals surface area contributed by atoms with Crippen LogP contribution in [0.5, 0.6) is 0 Å². The van der Waals surface area contributed by atoms with Gasteiger partial charge in [0.05, 0.1) is 10.6 Å². The molecule has 1 atom stereocenters. The first-order valence-corrected chi connectivity index (χ1v) is 11.8. The molecule has 6 nitrogen and oxygen atoms in total. The van der Waals surface area contributed by atoms with Crippen LogP contribution in [0.25, 0.3) is 22.2 Å². The van der Waals surface area contributed by atoms with Crippen molar-refractivity contribution in [1.29, 1.82) is 0 Å². The number of carbonyl (C=O) groups is 1. The molecule has 2 heterocycles. The number of ketones is 1. The number of aromatic nitrogens is 2. The molecule has 2 aromatic heterocycles. The molecule has 1 unspecified atom stereocenters. The first-order valence-electron chi connectivity index (χ1n) is 9.79. The van der Waals surface area contributed by atoms with Gasteiger partial charge in [-0.25, -0.2) is 22.9 Å². The van der Waals surface area contributed by atoms with Crippen molar-refractivity contribution in [2.24, 2.45) is 5.14 Å². The molecule has 0 bridgehead atoms. The van der Waals surface area contributed by atoms with E-state index in [0.717, 1.165) is 11.1 Å². The van der Waals surface area contributed by atoms with E-state index in [1.165, 1.54) is 18.3 Å². The molecule has 0 saturated carbocycles. The molecule has 0 aliphatic carbocycles. The molecule has 9 heteroatoms. The largest absolute Gasteiger partial charge is 0.345 e. The fraction of sp³-hybridized carbons (Fsp3) is 0.130. The summed E-state index contributed by atoms with van der Waals surface area (Å²) in [5.41, 5.74) is 1.73. The van der Waals surface area contributed by atoms with Crippen LogP contribution in [0.1, 0.15) is 40.1 Å². The van der Waals surface area contributed by atoms with Gasteiger partial charge < -0.3 is 4.98 Å². The number of hydrogen-bond acceptors (Lipinski definition) is 4. The van der Waals surface area contributed by atoms with E-state index in [1.54, 1.807) is 19.2 Å². The number of fused-ring (bicyclic) bond motifs is 1. The van der Waals surface area contributed by atoms with E-state index >= 15 is 4.39 Å². The molecule has 2 aromatic carbocycles. The molecule has 164 valence electrons. The van der Waals surface area contributed by atoms with Gasteiger partial charge in [-0.15, -0.1) is 0 Å². The van der Waals surface area contributed by atoms with Crippen molar-refractivity contribution in [3.63, 3.8) is 0 Å². The van der Waals surface area contributed by atoms with Crippen LogP contribution in [0, 0.1) is 5.82 Å². The predicted octanol–water partition coefficient (Wildman–Crippen LogP) is 4.99. The van der Waals surface area contributed by atoms with Crippen molar-refractivity contribution in [2.75, 3.05) is 0 Å². The summed E-state index contributed by atoms with van der Waals surface area (Å²) in [4.78, 5) is 20.6. The number of benzene rings is 2. The summed E-state index contributed by atoms with van der Waals surface area (Å²) < 4.78 is 39.3. The van der Waals surface area contributed by atoms with Crippen molar-refractivity contribution < 1.29 is 17.6 Å². The molecule has 0 radical (unpaired) electrons. The molecule has 0 fully saturated rings. The van der Waals surface area contributed by atoms with E-state index in [-0.39, 0.29) is 22.6 Å². The third-order valence-corrected chi connectivity index (χ3v) is 7.04. The second-order valence-electron chi connectivity index (χ2n) is 7.33. The lowest BCUT2D eigenvalue weighted by Gasteiger charge is -2.16. The highest BCUT2D eigenvalue weighted by Gasteiger charge is 2.30. The van der Waals surface area contributed by atoms with Crippen molar-refractivity contribution >= 4 is 38.4 Å². The van der Waals surface area contributed by atoms with E-state index in [4.69, 9.17) is 16.7 Å². The van der Waals surface area contributed by atoms with Gasteiger partial charge in [0.1, 0.15) is 16.7 Å². The normalized spacial score (nSPS) is 12.8. The Morgan fingerprint density at radius 2 is 1.91 bits per heavy atom. The van der Waals surface area contributed by atoms with Gasteiger partial charge in [0, 0.05) is 34.5 Å². The molecule has 0 aliphatic rings. The van der Waals surface area contributed by atoms with Gasteiger partial charge in [-0.2, -0.15) is 0 Å². The molecule has 0 spiro atoms. The monoisotopic (exact) mass is 471 g/mol. The summed E-state index contributed by atoms with van der Waals surface area (Å²) in [7, 11) is -4.08. The number of nitrogens with zero attached hydrogens (tertiary/aromatic N) is 1. The number of halogens is 2. The van der Waals surface area contributed by atoms with Crippen LogP contribution in [0.15, 0.2) is 60.9 Å². The van der Waals surface area contributed by atoms with Gasteiger partial charge in [-0.3, -0.25) is 4.79 Å². The smallest absolute Gasteiger partial charge is 0.216 e. The van der Waals surface area contributed by atoms with Crippen molar-refractivity contribution in [2.45, 2.75) is 18.6 Å². The minimum absolute atomic E-state index is 0.0441. The highest BCUT2D eigenvalue weighted by molar-refractivity contribution is 7.89. The number of pyridine rings is 1. The SMILES string of the molecule is CCC(c1ccc(Cl)c(C(=O)c2c[nH]c3ncc(-c4ccccc4)cc23)c1F)S(N)(=O)=O. The minimum Gasteiger partial charge on any atom is -0.345 e. The Morgan fingerprint density at radius 1 is 1.19 bits per heavy atom. The van der Waals surface area contributed by atoms with Crippen LogP contribution in [0.2, 0.25) is 5.02 Å². The highest BCUT2D eigenvalue weighted by Crippen LogP contribution is 2.34. The van der Waals surface area contributed by atoms with Gasteiger partial charge in [-0.05, 0) is 24.1 Å². The van der Waals surface area contributed by atoms with Crippen molar-refractivity contribution in [3.05, 3.63) is 88.5 Å². The van der Waals surface area contributed by atoms with E-state index in [1.807, 2.05) is 30.3 Å². The molecular weight excluding hydrogens is 453 g/mol. The molecule has 4 aromatic rings. The van der Waals surface area contributed by atoms with Gasteiger partial charge in [0.2, 0.25) is 10.0 Å². The molecule has 0 saturated heterocycles. The number of H-pyrrole nitrogens is 1. The van der Waals surface area contributed by atoms with E-state index < -0.39 is 32.4 Å². The minimum atomic E-state index is -4.08. The zero-order chi connectivity index (χ0) is 23.0. The summed E-state index contributed by atoms with van der Waals surface area (Å²) in [6.07, 6.45) is 3.16. The standard InChI is InChI=1S/C23H19ClFN3O3S/c1-2-19(32(26,30)31)15-8-9-18(24)20(21(15)25)22(29)17-12-28-23-16(17)10-14(11-27-23)13-6-4-3-5-7-13/h3-12,19H,2H2,1H3,(H,27,28)(H2,26,30,31). The molecule has 0 amide bonds. The van der Waals surface area contributed by atoms with Gasteiger partial charge in [0.15, 0.2) is 5.78 Å². The number of carbonyl (C=O) groups excluding carboxylic acids is 1. The van der Waals surface area contributed by atoms with E-state index in [2.05, 4.69) is 9.97 Å². The van der Waals surface area contributed by atoms with Crippen LogP contribution >= 0.6 is 11.6 Å². The van der Waals surface area contributed by atoms with E-state index in [0.29, 0.717) is 11.0 Å². The zero-order valence-corrected chi connectivity index (χ0v) is 18.5. The second-order valence-corrected chi connectivity index (χ2v) is 9.48. The molecular formula is C23H19ClFN3O3S. The highest BCUT2D eigenvalue weighted by atomic mass is 35.5. The van der Waals surface area contributed by atoms with Crippen molar-refractivity contribution in [1.82, 2.24) is 9.97 Å². The molecule has 4 rings (SSSR count). The zero-order valence-electron chi connectivity index (χ0n) is 17.0. The first kappa shape index (κ1) is 22.1. The average molecular weight is 472 g/mol. The maximum atomic E-state index is 15.4. The summed E-state index contributed by atoms with van der Waals surface area (Å²) in [6, 6.07) is 13.8. The lowest BCUT2D eigenvalue weighted by atomic mass is 9.97. The Hall–Kier alpha value is -3.07. The summed E-state index contributed by atoms with van der Waals surface area (Å²) in [5.74, 6) is -1.68. The Balaban J connectivity index is 1.86. The van der Waals surface area contributed by atoms with Crippen LogP contribution in [-0.4, -0.2) is 24.2 Å². The number of primary sulfonamides is 1. The molecule has 0 aliphatic heterocycles. The quantitative estimate of drug-likeness (QED) is 0.386. The Labute approximate surface area is 189 Å². The number of nitrogens with one attached hydrogen (secondary N) is 1. The maximum absolute atomic E-state index is 15.4. The topological polar surface area (TPSA) is 106 Å². The van der Waals surface area contributed by atoms with Crippen LogP contribution in [0.3, 0.4) is 0 Å². The summed E-state index contributed by atoms with van der Waals surface area (Å²) >= 11 is 6.19. The van der Waals surface area contributed by atoms with Crippen molar-refractivity contribution in [3.8, 4) is 11.1 Å². The number of rotatable bonds is 6.